The Morgan fingerprint density at radius 1 is 1.58 bits per heavy atom. The highest BCUT2D eigenvalue weighted by atomic mass is 16.5. The van der Waals surface area contributed by atoms with Gasteiger partial charge in [0.05, 0.1) is 17.2 Å². The SMILES string of the molecule is Cc1cc(C2CCCN2C(=O)C2(CN)CCC2)on1. The molecule has 1 unspecified atom stereocenters. The molecule has 2 fully saturated rings. The fourth-order valence-corrected chi connectivity index (χ4v) is 3.26. The molecule has 2 heterocycles. The van der Waals surface area contributed by atoms with Gasteiger partial charge in [-0.1, -0.05) is 11.6 Å². The van der Waals surface area contributed by atoms with Crippen LogP contribution in [0.3, 0.4) is 0 Å². The summed E-state index contributed by atoms with van der Waals surface area (Å²) in [5.74, 6) is 1.03. The fourth-order valence-electron chi connectivity index (χ4n) is 3.26. The van der Waals surface area contributed by atoms with E-state index in [0.29, 0.717) is 6.54 Å². The number of amides is 1. The Balaban J connectivity index is 1.81. The minimum Gasteiger partial charge on any atom is -0.359 e. The molecule has 1 aromatic heterocycles. The van der Waals surface area contributed by atoms with Gasteiger partial charge in [0.2, 0.25) is 5.91 Å². The second-order valence-electron chi connectivity index (χ2n) is 5.87. The first-order chi connectivity index (χ1) is 9.16. The van der Waals surface area contributed by atoms with Crippen LogP contribution in [0, 0.1) is 12.3 Å². The number of nitrogens with zero attached hydrogens (tertiary/aromatic N) is 2. The molecule has 0 bridgehead atoms. The minimum atomic E-state index is -0.294. The maximum absolute atomic E-state index is 12.8. The third-order valence-corrected chi connectivity index (χ3v) is 4.64. The molecule has 1 aliphatic carbocycles. The number of hydrogen-bond acceptors (Lipinski definition) is 4. The second kappa shape index (κ2) is 4.63. The van der Waals surface area contributed by atoms with Crippen molar-refractivity contribution in [3.8, 4) is 0 Å². The lowest BCUT2D eigenvalue weighted by Gasteiger charge is -2.42. The van der Waals surface area contributed by atoms with Crippen molar-refractivity contribution in [2.24, 2.45) is 11.1 Å². The number of aryl methyl sites for hydroxylation is 1. The number of nitrogens with two attached hydrogens (primary N) is 1. The summed E-state index contributed by atoms with van der Waals surface area (Å²) in [7, 11) is 0. The van der Waals surface area contributed by atoms with Crippen molar-refractivity contribution in [3.05, 3.63) is 17.5 Å². The van der Waals surface area contributed by atoms with Crippen LogP contribution in [0.25, 0.3) is 0 Å². The topological polar surface area (TPSA) is 72.4 Å². The number of likely N-dealkylation sites (tertiary alicyclic amines) is 1. The van der Waals surface area contributed by atoms with Gasteiger partial charge in [0, 0.05) is 19.2 Å². The summed E-state index contributed by atoms with van der Waals surface area (Å²) in [6.07, 6.45) is 4.96. The molecule has 0 radical (unpaired) electrons. The fraction of sp³-hybridized carbons (Fsp3) is 0.714. The first-order valence-corrected chi connectivity index (χ1v) is 7.11. The van der Waals surface area contributed by atoms with E-state index in [1.54, 1.807) is 0 Å². The predicted octanol–water partition coefficient (Wildman–Crippen LogP) is 1.78. The first-order valence-electron chi connectivity index (χ1n) is 7.11. The predicted molar refractivity (Wildman–Crippen MR) is 70.3 cm³/mol. The lowest BCUT2D eigenvalue weighted by atomic mass is 9.67. The average molecular weight is 263 g/mol. The molecule has 104 valence electrons. The standard InChI is InChI=1S/C14H21N3O2/c1-10-8-12(19-16-10)11-4-2-7-17(11)13(18)14(9-15)5-3-6-14/h8,11H,2-7,9,15H2,1H3. The molecule has 0 spiro atoms. The van der Waals surface area contributed by atoms with E-state index < -0.39 is 0 Å². The Kier molecular flexibility index (Phi) is 3.09. The number of rotatable bonds is 3. The number of carbonyl (C=O) groups is 1. The maximum atomic E-state index is 12.8. The molecular weight excluding hydrogens is 242 g/mol. The van der Waals surface area contributed by atoms with E-state index >= 15 is 0 Å². The molecule has 5 heteroatoms. The molecule has 1 saturated heterocycles. The molecule has 2 aliphatic rings. The summed E-state index contributed by atoms with van der Waals surface area (Å²) in [6, 6.07) is 1.99. The van der Waals surface area contributed by atoms with Crippen LogP contribution in [-0.2, 0) is 4.79 Å². The average Bonchev–Trinajstić information content (AvgIpc) is 2.95. The van der Waals surface area contributed by atoms with Crippen molar-refractivity contribution in [1.82, 2.24) is 10.1 Å². The van der Waals surface area contributed by atoms with E-state index in [2.05, 4.69) is 5.16 Å². The summed E-state index contributed by atoms with van der Waals surface area (Å²) >= 11 is 0. The largest absolute Gasteiger partial charge is 0.359 e. The van der Waals surface area contributed by atoms with Crippen molar-refractivity contribution in [2.75, 3.05) is 13.1 Å². The summed E-state index contributed by atoms with van der Waals surface area (Å²) in [5.41, 5.74) is 6.42. The van der Waals surface area contributed by atoms with Gasteiger partial charge in [-0.2, -0.15) is 0 Å². The van der Waals surface area contributed by atoms with E-state index in [9.17, 15) is 4.79 Å². The number of hydrogen-bond donors (Lipinski definition) is 1. The van der Waals surface area contributed by atoms with Gasteiger partial charge in [0.15, 0.2) is 5.76 Å². The molecule has 5 nitrogen and oxygen atoms in total. The molecule has 2 N–H and O–H groups in total. The van der Waals surface area contributed by atoms with Crippen LogP contribution in [-0.4, -0.2) is 29.1 Å². The van der Waals surface area contributed by atoms with Crippen molar-refractivity contribution < 1.29 is 9.32 Å². The maximum Gasteiger partial charge on any atom is 0.230 e. The highest BCUT2D eigenvalue weighted by Gasteiger charge is 2.48. The Morgan fingerprint density at radius 3 is 2.89 bits per heavy atom. The van der Waals surface area contributed by atoms with Crippen molar-refractivity contribution >= 4 is 5.91 Å². The zero-order chi connectivity index (χ0) is 13.5. The van der Waals surface area contributed by atoms with Crippen LogP contribution in [0.4, 0.5) is 0 Å². The number of aromatic nitrogens is 1. The van der Waals surface area contributed by atoms with Gasteiger partial charge < -0.3 is 15.2 Å². The summed E-state index contributed by atoms with van der Waals surface area (Å²) in [4.78, 5) is 14.7. The zero-order valence-corrected chi connectivity index (χ0v) is 11.4. The third-order valence-electron chi connectivity index (χ3n) is 4.64. The molecule has 1 saturated carbocycles. The molecule has 1 atom stereocenters. The molecule has 1 aliphatic heterocycles. The second-order valence-corrected chi connectivity index (χ2v) is 5.87. The number of carbonyl (C=O) groups excluding carboxylic acids is 1. The molecule has 0 aromatic carbocycles. The van der Waals surface area contributed by atoms with E-state index in [-0.39, 0.29) is 17.4 Å². The van der Waals surface area contributed by atoms with Crippen LogP contribution in [0.5, 0.6) is 0 Å². The van der Waals surface area contributed by atoms with Crippen LogP contribution in [0.15, 0.2) is 10.6 Å². The van der Waals surface area contributed by atoms with Gasteiger partial charge in [0.1, 0.15) is 0 Å². The molecule has 1 aromatic rings. The van der Waals surface area contributed by atoms with Gasteiger partial charge in [-0.15, -0.1) is 0 Å². The van der Waals surface area contributed by atoms with Crippen LogP contribution < -0.4 is 5.73 Å². The monoisotopic (exact) mass is 263 g/mol. The van der Waals surface area contributed by atoms with Crippen molar-refractivity contribution in [2.45, 2.75) is 45.1 Å². The van der Waals surface area contributed by atoms with Crippen molar-refractivity contribution in [1.29, 1.82) is 0 Å². The quantitative estimate of drug-likeness (QED) is 0.902. The van der Waals surface area contributed by atoms with Gasteiger partial charge in [-0.05, 0) is 32.6 Å². The Morgan fingerprint density at radius 2 is 2.37 bits per heavy atom. The minimum absolute atomic E-state index is 0.0534. The third kappa shape index (κ3) is 1.96. The van der Waals surface area contributed by atoms with Gasteiger partial charge in [0.25, 0.3) is 0 Å². The molecular formula is C14H21N3O2. The lowest BCUT2D eigenvalue weighted by Crippen LogP contribution is -2.51. The smallest absolute Gasteiger partial charge is 0.230 e. The Labute approximate surface area is 113 Å². The zero-order valence-electron chi connectivity index (χ0n) is 11.4. The lowest BCUT2D eigenvalue weighted by molar-refractivity contribution is -0.148. The van der Waals surface area contributed by atoms with E-state index in [1.165, 1.54) is 0 Å². The van der Waals surface area contributed by atoms with Crippen LogP contribution >= 0.6 is 0 Å². The summed E-state index contributed by atoms with van der Waals surface area (Å²) in [5, 5.41) is 3.93. The Bertz CT molecular complexity index is 473. The highest BCUT2D eigenvalue weighted by Crippen LogP contribution is 2.45. The van der Waals surface area contributed by atoms with E-state index in [0.717, 1.165) is 50.1 Å². The molecule has 1 amide bonds. The van der Waals surface area contributed by atoms with E-state index in [1.807, 2.05) is 17.9 Å². The summed E-state index contributed by atoms with van der Waals surface area (Å²) < 4.78 is 5.35. The Hall–Kier alpha value is -1.36. The van der Waals surface area contributed by atoms with Crippen molar-refractivity contribution in [3.63, 3.8) is 0 Å². The van der Waals surface area contributed by atoms with Gasteiger partial charge in [-0.3, -0.25) is 4.79 Å². The molecule has 3 rings (SSSR count). The van der Waals surface area contributed by atoms with E-state index in [4.69, 9.17) is 10.3 Å². The first kappa shape index (κ1) is 12.7. The summed E-state index contributed by atoms with van der Waals surface area (Å²) in [6.45, 7) is 3.18. The van der Waals surface area contributed by atoms with Crippen LogP contribution in [0.2, 0.25) is 0 Å². The normalized spacial score (nSPS) is 25.4. The van der Waals surface area contributed by atoms with Gasteiger partial charge in [-0.25, -0.2) is 0 Å². The van der Waals surface area contributed by atoms with Gasteiger partial charge >= 0.3 is 0 Å². The van der Waals surface area contributed by atoms with Crippen LogP contribution in [0.1, 0.15) is 49.6 Å². The highest BCUT2D eigenvalue weighted by molar-refractivity contribution is 5.84. The molecule has 19 heavy (non-hydrogen) atoms.